The van der Waals surface area contributed by atoms with Gasteiger partial charge in [-0.15, -0.1) is 0 Å². The summed E-state index contributed by atoms with van der Waals surface area (Å²) in [5.74, 6) is 1.17. The lowest BCUT2D eigenvalue weighted by molar-refractivity contribution is 0.334. The van der Waals surface area contributed by atoms with Gasteiger partial charge < -0.3 is 77.4 Å². The van der Waals surface area contributed by atoms with Crippen LogP contribution in [0.4, 0.5) is 94.3 Å². The number of benzene rings is 12. The number of furan rings is 2. The van der Waals surface area contributed by atoms with E-state index in [4.69, 9.17) is 8.83 Å². The lowest BCUT2D eigenvalue weighted by Gasteiger charge is -2.24. The molecule has 30 rings (SSSR count). The Kier molecular flexibility index (Phi) is 20.9. The first-order chi connectivity index (χ1) is 65.5. The van der Waals surface area contributed by atoms with Gasteiger partial charge in [0.25, 0.3) is 0 Å². The topological polar surface area (TPSA) is 74.9 Å². The molecule has 0 bridgehead atoms. The first kappa shape index (κ1) is 85.1. The summed E-state index contributed by atoms with van der Waals surface area (Å²) >= 11 is 1.99. The number of para-hydroxylation sites is 12. The minimum Gasteiger partial charge on any atom is -0.459 e. The van der Waals surface area contributed by atoms with Crippen LogP contribution in [-0.2, 0) is 51.4 Å². The number of hydrogen-bond acceptors (Lipinski definition) is 18. The number of thioether (sulfide) groups is 1. The second kappa shape index (κ2) is 33.2. The Morgan fingerprint density at radius 2 is 0.659 bits per heavy atom. The molecule has 0 N–H and O–H groups in total. The van der Waals surface area contributed by atoms with E-state index in [-0.39, 0.29) is 6.17 Å². The Morgan fingerprint density at radius 3 is 1.24 bits per heavy atom. The molecule has 17 nitrogen and oxygen atoms in total. The Morgan fingerprint density at radius 1 is 0.281 bits per heavy atom. The summed E-state index contributed by atoms with van der Waals surface area (Å²) in [5.41, 5.74) is 40.0. The van der Waals surface area contributed by atoms with E-state index >= 15 is 0 Å². The Bertz CT molecular complexity index is 7060. The number of hydrogen-bond donors (Lipinski definition) is 0. The second-order valence-electron chi connectivity index (χ2n) is 38.7. The summed E-state index contributed by atoms with van der Waals surface area (Å²) in [5, 5.41) is 3.07. The molecule has 0 saturated heterocycles. The van der Waals surface area contributed by atoms with E-state index in [1.165, 1.54) is 163 Å². The van der Waals surface area contributed by atoms with Gasteiger partial charge in [0, 0.05) is 210 Å². The first-order valence-electron chi connectivity index (χ1n) is 47.6. The molecule has 18 heterocycles. The summed E-state index contributed by atoms with van der Waals surface area (Å²) in [4.78, 5) is 36.5. The molecular formula is C115H115F2N15O2S. The third kappa shape index (κ3) is 14.0. The number of halogens is 2. The smallest absolute Gasteiger partial charge is 0.205 e. The number of allylic oxidation sites excluding steroid dienone is 4. The average Bonchev–Trinajstić information content (AvgIpc) is 1.52. The SMILES string of the molecule is CC1=CN2c3c(oc4ccccc34)CC2N1C.CC1=CN2c3cc(C)cc(C)c3CC2N1C.CC1=CN2c3ccccc3CC2N1C.CC1=CN2c3oc4ccccc4c3CC2N1C.CN1c2ccccc2N2c3cc(F)cc(F)c3CC12.CN1c2ccccc2N2c3ccccc3CC12.Cc1cc(C)c2c(c1)N1c3ccccc3N(C)C1C2.c1ccc2c(c1)CC1Sc3ccccc3N21. The summed E-state index contributed by atoms with van der Waals surface area (Å²) in [7, 11) is 15.0. The third-order valence-corrected chi connectivity index (χ3v) is 32.1. The highest BCUT2D eigenvalue weighted by atomic mass is 32.2. The van der Waals surface area contributed by atoms with Crippen molar-refractivity contribution < 1.29 is 17.6 Å². The van der Waals surface area contributed by atoms with E-state index in [2.05, 4.69) is 385 Å². The number of likely N-dealkylation sites (N-methyl/N-ethyl adjacent to an activating group) is 7. The molecule has 0 spiro atoms. The van der Waals surface area contributed by atoms with Gasteiger partial charge in [0.05, 0.1) is 56.6 Å². The highest BCUT2D eigenvalue weighted by molar-refractivity contribution is 8.00. The van der Waals surface area contributed by atoms with Crippen LogP contribution in [-0.4, -0.2) is 117 Å². The van der Waals surface area contributed by atoms with Crippen molar-refractivity contribution in [1.82, 2.24) is 19.6 Å². The van der Waals surface area contributed by atoms with Gasteiger partial charge in [0.15, 0.2) is 0 Å². The van der Waals surface area contributed by atoms with Crippen LogP contribution in [0.15, 0.2) is 316 Å². The van der Waals surface area contributed by atoms with Crippen LogP contribution in [0, 0.1) is 39.3 Å². The highest BCUT2D eigenvalue weighted by Crippen LogP contribution is 2.57. The Hall–Kier alpha value is -14.1. The molecule has 0 amide bonds. The molecular weight excluding hydrogens is 1690 g/mol. The van der Waals surface area contributed by atoms with E-state index in [0.29, 0.717) is 60.0 Å². The molecule has 8 unspecified atom stereocenters. The molecule has 14 aromatic rings. The number of anilines is 15. The molecule has 8 atom stereocenters. The van der Waals surface area contributed by atoms with Gasteiger partial charge in [0.2, 0.25) is 5.88 Å². The van der Waals surface area contributed by atoms with Crippen molar-refractivity contribution in [3.63, 3.8) is 0 Å². The van der Waals surface area contributed by atoms with Crippen molar-refractivity contribution in [2.24, 2.45) is 0 Å². The van der Waals surface area contributed by atoms with E-state index in [9.17, 15) is 8.78 Å². The Labute approximate surface area is 795 Å². The molecule has 16 aliphatic rings. The largest absolute Gasteiger partial charge is 0.459 e. The fourth-order valence-corrected chi connectivity index (χ4v) is 25.0. The zero-order valence-corrected chi connectivity index (χ0v) is 80.3. The summed E-state index contributed by atoms with van der Waals surface area (Å²) < 4.78 is 39.3. The van der Waals surface area contributed by atoms with E-state index in [1.54, 1.807) is 0 Å². The molecule has 135 heavy (non-hydrogen) atoms. The maximum absolute atomic E-state index is 13.9. The molecule has 16 aliphatic heterocycles. The lowest BCUT2D eigenvalue weighted by Crippen LogP contribution is -2.36. The molecule has 0 fully saturated rings. The van der Waals surface area contributed by atoms with Crippen molar-refractivity contribution in [2.75, 3.05) is 103 Å². The van der Waals surface area contributed by atoms with E-state index < -0.39 is 11.6 Å². The van der Waals surface area contributed by atoms with Crippen LogP contribution >= 0.6 is 11.8 Å². The van der Waals surface area contributed by atoms with Crippen LogP contribution in [0.2, 0.25) is 0 Å². The zero-order valence-electron chi connectivity index (χ0n) is 79.5. The van der Waals surface area contributed by atoms with Gasteiger partial charge in [-0.25, -0.2) is 8.78 Å². The Balaban J connectivity index is 0.0000000871. The van der Waals surface area contributed by atoms with Gasteiger partial charge >= 0.3 is 0 Å². The quantitative estimate of drug-likeness (QED) is 0.144. The van der Waals surface area contributed by atoms with Crippen molar-refractivity contribution in [3.8, 4) is 0 Å². The molecule has 0 aliphatic carbocycles. The fraction of sp³-hybridized carbons (Fsp3) is 0.270. The maximum Gasteiger partial charge on any atom is 0.205 e. The van der Waals surface area contributed by atoms with Crippen molar-refractivity contribution >= 4 is 119 Å². The van der Waals surface area contributed by atoms with Crippen molar-refractivity contribution in [1.29, 1.82) is 0 Å². The van der Waals surface area contributed by atoms with Gasteiger partial charge in [-0.05, 0) is 209 Å². The van der Waals surface area contributed by atoms with Crippen LogP contribution in [0.3, 0.4) is 0 Å². The fourth-order valence-electron chi connectivity index (χ4n) is 23.7. The van der Waals surface area contributed by atoms with Crippen LogP contribution in [0.25, 0.3) is 21.9 Å². The van der Waals surface area contributed by atoms with Crippen LogP contribution in [0.1, 0.15) is 94.7 Å². The third-order valence-electron chi connectivity index (χ3n) is 30.9. The maximum atomic E-state index is 13.9. The summed E-state index contributed by atoms with van der Waals surface area (Å²) in [6.45, 7) is 17.5. The first-order valence-corrected chi connectivity index (χ1v) is 48.5. The molecule has 0 saturated carbocycles. The van der Waals surface area contributed by atoms with Crippen molar-refractivity contribution in [2.45, 2.75) is 160 Å². The van der Waals surface area contributed by atoms with E-state index in [1.807, 2.05) is 72.2 Å². The number of nitrogens with zero attached hydrogens (tertiary/aromatic N) is 15. The van der Waals surface area contributed by atoms with Gasteiger partial charge in [0.1, 0.15) is 71.7 Å². The minimum atomic E-state index is -0.524. The van der Waals surface area contributed by atoms with Gasteiger partial charge in [-0.2, -0.15) is 0 Å². The minimum absolute atomic E-state index is 0.0451. The number of aryl methyl sites for hydroxylation is 4. The second-order valence-corrected chi connectivity index (χ2v) is 39.9. The predicted molar refractivity (Wildman–Crippen MR) is 551 cm³/mol. The summed E-state index contributed by atoms with van der Waals surface area (Å²) in [6.07, 6.45) is 20.0. The van der Waals surface area contributed by atoms with E-state index in [0.717, 1.165) is 85.2 Å². The average molecular weight is 1810 g/mol. The van der Waals surface area contributed by atoms with Crippen LogP contribution in [0.5, 0.6) is 0 Å². The lowest BCUT2D eigenvalue weighted by atomic mass is 10.0. The van der Waals surface area contributed by atoms with Crippen LogP contribution < -0.4 is 53.9 Å². The van der Waals surface area contributed by atoms with Crippen molar-refractivity contribution in [3.05, 3.63) is 381 Å². The monoisotopic (exact) mass is 1810 g/mol. The highest BCUT2D eigenvalue weighted by Gasteiger charge is 2.48. The van der Waals surface area contributed by atoms with Gasteiger partial charge in [-0.3, -0.25) is 4.90 Å². The zero-order chi connectivity index (χ0) is 92.5. The molecule has 0 radical (unpaired) electrons. The summed E-state index contributed by atoms with van der Waals surface area (Å²) in [6, 6.07) is 88.3. The molecule has 20 heteroatoms. The predicted octanol–water partition coefficient (Wildman–Crippen LogP) is 25.0. The molecule has 2 aromatic heterocycles. The number of rotatable bonds is 0. The standard InChI is InChI=1S/C17H18N2.C15H12F2N2.C15H14N2.2C14H14N2O.C14H18N2.C14H11NS.C12H14N2/c1-11-8-12(2)13-10-17-18(3)14-6-4-5-7-15(14)19(17)16(13)9-11;1-18-12-4-2-3-5-13(12)19-14-7-9(16)6-11(17)10(14)8-15(18)19;1-16-13-8-4-5-9-14(13)17-12-7-3-2-6-11(12)10-15(16)17;1-9-8-16-13(15(9)2)7-11-10-5-3-4-6-12(10)17-14(11)16;1-9-8-16-13(15(9)2)7-12-14(16)10-5-3-4-6-11(10)17-12;1-9-5-10(2)12-7-14-15(4)11(3)8-16(14)13(12)6-9;1-2-6-11-10(5-1)9-14-15(11)12-7-3-4-8-13(12)16-14;1-9-8-14-11-6-4-3-5-10(11)7-12(14)13(9)2/h4-9,17H,10H2,1-3H3;2-7,15H,8H2,1H3;2-9,15H,10H2,1H3;2*3-6,8,13H,7H2,1-2H3;5-6,8,14H,7H2,1-4H3;1-8,14H,9H2;3-6,8,12H,7H2,1-2H3. The number of fused-ring (bicyclic) bond motifs is 36. The van der Waals surface area contributed by atoms with Gasteiger partial charge in [-0.1, -0.05) is 157 Å². The molecule has 682 valence electrons. The normalized spacial score (nSPS) is 21.1. The molecule has 12 aromatic carbocycles.